The number of thiazole rings is 1. The van der Waals surface area contributed by atoms with Crippen LogP contribution >= 0.6 is 11.3 Å². The Bertz CT molecular complexity index is 941. The number of hydrogen-bond acceptors (Lipinski definition) is 5. The van der Waals surface area contributed by atoms with E-state index in [4.69, 9.17) is 4.74 Å². The molecule has 4 rings (SSSR count). The van der Waals surface area contributed by atoms with Crippen molar-refractivity contribution in [3.63, 3.8) is 0 Å². The standard InChI is InChI=1S/C21H21N3O2S/c1-26-17-6-4-5-16(15-17)23-11-13-24(14-12-23)21(25)10-9-20-22-18-7-2-3-8-19(18)27-20/h2-10,15H,11-14H2,1H3. The quantitative estimate of drug-likeness (QED) is 0.649. The van der Waals surface area contributed by atoms with Gasteiger partial charge in [0.05, 0.1) is 17.3 Å². The van der Waals surface area contributed by atoms with Gasteiger partial charge >= 0.3 is 0 Å². The summed E-state index contributed by atoms with van der Waals surface area (Å²) in [5.74, 6) is 0.893. The third-order valence-corrected chi connectivity index (χ3v) is 5.69. The third kappa shape index (κ3) is 3.95. The van der Waals surface area contributed by atoms with Gasteiger partial charge in [-0.1, -0.05) is 18.2 Å². The Kier molecular flexibility index (Phi) is 5.07. The minimum absolute atomic E-state index is 0.0412. The second-order valence-electron chi connectivity index (χ2n) is 6.37. The molecular weight excluding hydrogens is 358 g/mol. The number of benzene rings is 2. The Morgan fingerprint density at radius 3 is 2.70 bits per heavy atom. The van der Waals surface area contributed by atoms with Crippen LogP contribution in [0.25, 0.3) is 16.3 Å². The molecule has 138 valence electrons. The highest BCUT2D eigenvalue weighted by Gasteiger charge is 2.20. The van der Waals surface area contributed by atoms with E-state index >= 15 is 0 Å². The predicted molar refractivity (Wildman–Crippen MR) is 110 cm³/mol. The molecule has 2 heterocycles. The lowest BCUT2D eigenvalue weighted by molar-refractivity contribution is -0.126. The SMILES string of the molecule is COc1cccc(N2CCN(C(=O)C=Cc3nc4ccccc4s3)CC2)c1. The van der Waals surface area contributed by atoms with Crippen LogP contribution in [0.15, 0.2) is 54.6 Å². The van der Waals surface area contributed by atoms with Gasteiger partial charge in [0.25, 0.3) is 0 Å². The van der Waals surface area contributed by atoms with E-state index in [1.807, 2.05) is 53.4 Å². The van der Waals surface area contributed by atoms with Gasteiger partial charge in [0, 0.05) is 44.0 Å². The minimum Gasteiger partial charge on any atom is -0.497 e. The lowest BCUT2D eigenvalue weighted by atomic mass is 10.2. The molecule has 3 aromatic rings. The van der Waals surface area contributed by atoms with Crippen molar-refractivity contribution in [3.05, 3.63) is 59.6 Å². The number of methoxy groups -OCH3 is 1. The second kappa shape index (κ2) is 7.80. The first-order valence-electron chi connectivity index (χ1n) is 8.94. The highest BCUT2D eigenvalue weighted by Crippen LogP contribution is 2.23. The topological polar surface area (TPSA) is 45.7 Å². The summed E-state index contributed by atoms with van der Waals surface area (Å²) in [4.78, 5) is 21.2. The minimum atomic E-state index is 0.0412. The molecule has 0 bridgehead atoms. The van der Waals surface area contributed by atoms with E-state index in [0.29, 0.717) is 13.1 Å². The van der Waals surface area contributed by atoms with E-state index in [2.05, 4.69) is 16.0 Å². The van der Waals surface area contributed by atoms with Crippen molar-refractivity contribution < 1.29 is 9.53 Å². The molecule has 0 aliphatic carbocycles. The van der Waals surface area contributed by atoms with Crippen molar-refractivity contribution in [3.8, 4) is 5.75 Å². The molecule has 0 spiro atoms. The van der Waals surface area contributed by atoms with E-state index in [1.165, 1.54) is 0 Å². The Morgan fingerprint density at radius 2 is 1.93 bits per heavy atom. The molecule has 5 nitrogen and oxygen atoms in total. The number of hydrogen-bond donors (Lipinski definition) is 0. The van der Waals surface area contributed by atoms with Crippen molar-refractivity contribution in [2.75, 3.05) is 38.2 Å². The Hall–Kier alpha value is -2.86. The van der Waals surface area contributed by atoms with Crippen molar-refractivity contribution in [2.24, 2.45) is 0 Å². The molecule has 0 N–H and O–H groups in total. The molecule has 6 heteroatoms. The first-order chi connectivity index (χ1) is 13.2. The number of ether oxygens (including phenoxy) is 1. The van der Waals surface area contributed by atoms with Gasteiger partial charge in [-0.15, -0.1) is 11.3 Å². The van der Waals surface area contributed by atoms with Crippen LogP contribution in [0.5, 0.6) is 5.75 Å². The lowest BCUT2D eigenvalue weighted by Gasteiger charge is -2.35. The van der Waals surface area contributed by atoms with Crippen LogP contribution < -0.4 is 9.64 Å². The van der Waals surface area contributed by atoms with Crippen LogP contribution in [0, 0.1) is 0 Å². The first-order valence-corrected chi connectivity index (χ1v) is 9.76. The number of nitrogens with zero attached hydrogens (tertiary/aromatic N) is 3. The maximum Gasteiger partial charge on any atom is 0.246 e. The van der Waals surface area contributed by atoms with Crippen LogP contribution in [0.3, 0.4) is 0 Å². The summed E-state index contributed by atoms with van der Waals surface area (Å²) in [7, 11) is 1.67. The van der Waals surface area contributed by atoms with Crippen LogP contribution in [0.2, 0.25) is 0 Å². The molecule has 0 atom stereocenters. The maximum absolute atomic E-state index is 12.5. The Labute approximate surface area is 162 Å². The highest BCUT2D eigenvalue weighted by atomic mass is 32.1. The second-order valence-corrected chi connectivity index (χ2v) is 7.43. The van der Waals surface area contributed by atoms with Crippen LogP contribution in [-0.2, 0) is 4.79 Å². The molecule has 1 aliphatic rings. The lowest BCUT2D eigenvalue weighted by Crippen LogP contribution is -2.48. The fourth-order valence-corrected chi connectivity index (χ4v) is 4.07. The summed E-state index contributed by atoms with van der Waals surface area (Å²) in [6.07, 6.45) is 3.46. The number of carbonyl (C=O) groups excluding carboxylic acids is 1. The summed E-state index contributed by atoms with van der Waals surface area (Å²) < 4.78 is 6.43. The number of carbonyl (C=O) groups is 1. The summed E-state index contributed by atoms with van der Waals surface area (Å²) in [5, 5.41) is 0.861. The van der Waals surface area contributed by atoms with Crippen molar-refractivity contribution >= 4 is 39.2 Å². The van der Waals surface area contributed by atoms with Crippen molar-refractivity contribution in [1.82, 2.24) is 9.88 Å². The number of rotatable bonds is 4. The van der Waals surface area contributed by atoms with Gasteiger partial charge < -0.3 is 14.5 Å². The zero-order valence-corrected chi connectivity index (χ0v) is 16.0. The molecule has 27 heavy (non-hydrogen) atoms. The van der Waals surface area contributed by atoms with Gasteiger partial charge in [-0.3, -0.25) is 4.79 Å². The molecule has 1 aromatic heterocycles. The fraction of sp³-hybridized carbons (Fsp3) is 0.238. The van der Waals surface area contributed by atoms with Crippen molar-refractivity contribution in [1.29, 1.82) is 0 Å². The average molecular weight is 379 g/mol. The Morgan fingerprint density at radius 1 is 1.11 bits per heavy atom. The Balaban J connectivity index is 1.36. The monoisotopic (exact) mass is 379 g/mol. The smallest absolute Gasteiger partial charge is 0.246 e. The number of piperazine rings is 1. The van der Waals surface area contributed by atoms with E-state index < -0.39 is 0 Å². The largest absolute Gasteiger partial charge is 0.497 e. The summed E-state index contributed by atoms with van der Waals surface area (Å²) in [6, 6.07) is 16.1. The zero-order valence-electron chi connectivity index (χ0n) is 15.2. The van der Waals surface area contributed by atoms with Crippen LogP contribution in [0.1, 0.15) is 5.01 Å². The van der Waals surface area contributed by atoms with Gasteiger partial charge in [0.15, 0.2) is 0 Å². The van der Waals surface area contributed by atoms with E-state index in [-0.39, 0.29) is 5.91 Å². The molecule has 1 amide bonds. The number of para-hydroxylation sites is 1. The maximum atomic E-state index is 12.5. The van der Waals surface area contributed by atoms with E-state index in [9.17, 15) is 4.79 Å². The molecule has 0 unspecified atom stereocenters. The van der Waals surface area contributed by atoms with Gasteiger partial charge in [0.2, 0.25) is 5.91 Å². The van der Waals surface area contributed by atoms with Gasteiger partial charge in [0.1, 0.15) is 10.8 Å². The summed E-state index contributed by atoms with van der Waals surface area (Å²) >= 11 is 1.60. The zero-order chi connectivity index (χ0) is 18.6. The fourth-order valence-electron chi connectivity index (χ4n) is 3.20. The predicted octanol–water partition coefficient (Wildman–Crippen LogP) is 3.67. The number of anilines is 1. The number of amides is 1. The molecule has 1 aliphatic heterocycles. The normalized spacial score (nSPS) is 14.9. The summed E-state index contributed by atoms with van der Waals surface area (Å²) in [5.41, 5.74) is 2.10. The highest BCUT2D eigenvalue weighted by molar-refractivity contribution is 7.19. The van der Waals surface area contributed by atoms with Crippen molar-refractivity contribution in [2.45, 2.75) is 0 Å². The molecular formula is C21H21N3O2S. The average Bonchev–Trinajstić information content (AvgIpc) is 3.15. The van der Waals surface area contributed by atoms with E-state index in [1.54, 1.807) is 24.5 Å². The number of fused-ring (bicyclic) bond motifs is 1. The van der Waals surface area contributed by atoms with Crippen LogP contribution in [0.4, 0.5) is 5.69 Å². The molecule has 0 radical (unpaired) electrons. The molecule has 1 saturated heterocycles. The van der Waals surface area contributed by atoms with E-state index in [0.717, 1.165) is 39.8 Å². The third-order valence-electron chi connectivity index (χ3n) is 4.69. The van der Waals surface area contributed by atoms with Gasteiger partial charge in [-0.05, 0) is 30.3 Å². The molecule has 0 saturated carbocycles. The van der Waals surface area contributed by atoms with Gasteiger partial charge in [-0.25, -0.2) is 4.98 Å². The van der Waals surface area contributed by atoms with Gasteiger partial charge in [-0.2, -0.15) is 0 Å². The van der Waals surface area contributed by atoms with Crippen LogP contribution in [-0.4, -0.2) is 49.1 Å². The molecule has 1 fully saturated rings. The summed E-state index contributed by atoms with van der Waals surface area (Å²) in [6.45, 7) is 3.04. The number of aromatic nitrogens is 1. The molecule has 2 aromatic carbocycles. The first kappa shape index (κ1) is 17.5.